The average molecular weight is 1500 g/mol. The molecule has 0 aromatic carbocycles. The number of allylic oxidation sites excluding steroid dienone is 4. The molecule has 0 spiro atoms. The second-order valence-corrected chi connectivity index (χ2v) is 32.4. The number of hydrogen-bond acceptors (Lipinski definition) is 15. The number of ether oxygens (including phenoxy) is 4. The quantitative estimate of drug-likeness (QED) is 0.0169. The third-order valence-corrected chi connectivity index (χ3v) is 21.1. The predicted octanol–water partition coefficient (Wildman–Crippen LogP) is 25.3. The number of carbonyl (C=O) groups is 4. The fourth-order valence-corrected chi connectivity index (χ4v) is 14.2. The van der Waals surface area contributed by atoms with Gasteiger partial charge < -0.3 is 33.8 Å². The van der Waals surface area contributed by atoms with Gasteiger partial charge in [0.25, 0.3) is 0 Å². The van der Waals surface area contributed by atoms with Crippen LogP contribution in [-0.4, -0.2) is 96.7 Å². The van der Waals surface area contributed by atoms with Gasteiger partial charge in [0.1, 0.15) is 19.3 Å². The van der Waals surface area contributed by atoms with Crippen LogP contribution in [0, 0.1) is 0 Å². The van der Waals surface area contributed by atoms with Gasteiger partial charge >= 0.3 is 39.5 Å². The summed E-state index contributed by atoms with van der Waals surface area (Å²) >= 11 is 0. The number of phosphoric ester groups is 2. The van der Waals surface area contributed by atoms with Crippen molar-refractivity contribution >= 4 is 39.5 Å². The van der Waals surface area contributed by atoms with Crippen LogP contribution in [0.5, 0.6) is 0 Å². The van der Waals surface area contributed by atoms with Gasteiger partial charge in [0, 0.05) is 25.7 Å². The summed E-state index contributed by atoms with van der Waals surface area (Å²) in [7, 11) is -9.94. The summed E-state index contributed by atoms with van der Waals surface area (Å²) in [5.41, 5.74) is 0. The molecular formula is C84H160O17P2. The summed E-state index contributed by atoms with van der Waals surface area (Å²) in [6.45, 7) is 4.98. The molecule has 0 fully saturated rings. The first-order valence-corrected chi connectivity index (χ1v) is 46.1. The second kappa shape index (κ2) is 77.7. The lowest BCUT2D eigenvalue weighted by Gasteiger charge is -2.21. The monoisotopic (exact) mass is 1500 g/mol. The Balaban J connectivity index is 5.28. The Morgan fingerprint density at radius 3 is 0.709 bits per heavy atom. The van der Waals surface area contributed by atoms with Gasteiger partial charge in [0.05, 0.1) is 26.4 Å². The fraction of sp³-hybridized carbons (Fsp3) is 0.905. The van der Waals surface area contributed by atoms with Crippen LogP contribution in [0.3, 0.4) is 0 Å². The lowest BCUT2D eigenvalue weighted by molar-refractivity contribution is -0.161. The van der Waals surface area contributed by atoms with Crippen LogP contribution in [0.25, 0.3) is 0 Å². The van der Waals surface area contributed by atoms with Crippen molar-refractivity contribution < 1.29 is 80.2 Å². The number of aliphatic hydroxyl groups excluding tert-OH is 1. The number of phosphoric acid groups is 2. The van der Waals surface area contributed by atoms with Crippen LogP contribution in [0.15, 0.2) is 24.3 Å². The zero-order chi connectivity index (χ0) is 75.3. The number of carbonyl (C=O) groups excluding carboxylic acids is 4. The van der Waals surface area contributed by atoms with E-state index in [4.69, 9.17) is 37.0 Å². The summed E-state index contributed by atoms with van der Waals surface area (Å²) in [4.78, 5) is 73.1. The highest BCUT2D eigenvalue weighted by Crippen LogP contribution is 2.45. The van der Waals surface area contributed by atoms with Crippen LogP contribution < -0.4 is 0 Å². The summed E-state index contributed by atoms with van der Waals surface area (Å²) in [6, 6.07) is 0. The summed E-state index contributed by atoms with van der Waals surface area (Å²) in [5, 5.41) is 10.7. The van der Waals surface area contributed by atoms with Gasteiger partial charge in [-0.2, -0.15) is 0 Å². The van der Waals surface area contributed by atoms with E-state index in [2.05, 4.69) is 52.0 Å². The van der Waals surface area contributed by atoms with Crippen molar-refractivity contribution in [1.82, 2.24) is 0 Å². The highest BCUT2D eigenvalue weighted by molar-refractivity contribution is 7.47. The molecule has 2 unspecified atom stereocenters. The van der Waals surface area contributed by atoms with Crippen LogP contribution in [-0.2, 0) is 65.4 Å². The summed E-state index contributed by atoms with van der Waals surface area (Å²) in [5.74, 6) is -2.13. The average Bonchev–Trinajstić information content (AvgIpc) is 0.913. The summed E-state index contributed by atoms with van der Waals surface area (Å²) < 4.78 is 68.8. The van der Waals surface area contributed by atoms with Crippen molar-refractivity contribution in [2.75, 3.05) is 39.6 Å². The smallest absolute Gasteiger partial charge is 0.462 e. The van der Waals surface area contributed by atoms with E-state index in [0.717, 1.165) is 103 Å². The second-order valence-electron chi connectivity index (χ2n) is 29.5. The molecule has 0 saturated heterocycles. The van der Waals surface area contributed by atoms with Crippen molar-refractivity contribution in [3.63, 3.8) is 0 Å². The minimum Gasteiger partial charge on any atom is -0.462 e. The number of aliphatic hydroxyl groups is 1. The van der Waals surface area contributed by atoms with E-state index < -0.39 is 97.5 Å². The van der Waals surface area contributed by atoms with Gasteiger partial charge in [-0.3, -0.25) is 37.3 Å². The number of hydrogen-bond donors (Lipinski definition) is 3. The fourth-order valence-electron chi connectivity index (χ4n) is 12.6. The molecule has 17 nitrogen and oxygen atoms in total. The molecule has 3 N–H and O–H groups in total. The topological polar surface area (TPSA) is 237 Å². The maximum absolute atomic E-state index is 13.1. The Morgan fingerprint density at radius 1 is 0.272 bits per heavy atom. The Morgan fingerprint density at radius 2 is 0.466 bits per heavy atom. The van der Waals surface area contributed by atoms with Crippen molar-refractivity contribution in [2.45, 2.75) is 451 Å². The van der Waals surface area contributed by atoms with Crippen LogP contribution in [0.2, 0.25) is 0 Å². The standard InChI is InChI=1S/C84H160O17P2/c1-5-9-13-17-21-25-29-33-36-38-40-43-45-49-53-57-61-65-69-82(87)95-75-80(101-84(89)71-67-63-59-55-51-47-44-41-39-37-34-30-26-22-18-14-10-6-2)77-99-103(92,93)97-73-78(85)72-96-102(90,91)98-76-79(74-94-81(86)68-64-60-56-52-48-32-28-24-20-16-12-8-4)100-83(88)70-66-62-58-54-50-46-42-35-31-27-23-19-15-11-7-3/h27,31,35,42,78-80,85H,5-26,28-30,32-34,36-41,43-77H2,1-4H3,(H,90,91)(H,92,93)/b31-27-,42-35-/t78-,79+,80+/m0/s1. The molecule has 0 aromatic rings. The lowest BCUT2D eigenvalue weighted by Crippen LogP contribution is -2.30. The van der Waals surface area contributed by atoms with E-state index in [0.29, 0.717) is 25.7 Å². The van der Waals surface area contributed by atoms with Gasteiger partial charge in [-0.1, -0.05) is 379 Å². The molecule has 0 aromatic heterocycles. The first-order chi connectivity index (χ1) is 50.2. The van der Waals surface area contributed by atoms with Crippen molar-refractivity contribution in [3.8, 4) is 0 Å². The molecule has 0 radical (unpaired) electrons. The van der Waals surface area contributed by atoms with Gasteiger partial charge in [-0.15, -0.1) is 0 Å². The molecule has 608 valence electrons. The molecular weight excluding hydrogens is 1340 g/mol. The Hall–Kier alpha value is -2.46. The van der Waals surface area contributed by atoms with Crippen molar-refractivity contribution in [2.24, 2.45) is 0 Å². The third kappa shape index (κ3) is 77.5. The largest absolute Gasteiger partial charge is 0.472 e. The first kappa shape index (κ1) is 101. The highest BCUT2D eigenvalue weighted by Gasteiger charge is 2.30. The van der Waals surface area contributed by atoms with Crippen molar-refractivity contribution in [3.05, 3.63) is 24.3 Å². The number of esters is 4. The van der Waals surface area contributed by atoms with E-state index in [9.17, 15) is 43.2 Å². The zero-order valence-corrected chi connectivity index (χ0v) is 68.6. The Labute approximate surface area is 631 Å². The minimum absolute atomic E-state index is 0.0861. The van der Waals surface area contributed by atoms with E-state index in [1.165, 1.54) is 250 Å². The van der Waals surface area contributed by atoms with Gasteiger partial charge in [-0.25, -0.2) is 9.13 Å². The molecule has 0 heterocycles. The first-order valence-electron chi connectivity index (χ1n) is 43.1. The van der Waals surface area contributed by atoms with E-state index in [-0.39, 0.29) is 25.7 Å². The maximum atomic E-state index is 13.1. The molecule has 0 aliphatic rings. The molecule has 103 heavy (non-hydrogen) atoms. The molecule has 0 bridgehead atoms. The molecule has 0 amide bonds. The van der Waals surface area contributed by atoms with Gasteiger partial charge in [0.2, 0.25) is 0 Å². The Kier molecular flexibility index (Phi) is 75.8. The molecule has 5 atom stereocenters. The number of rotatable bonds is 83. The third-order valence-electron chi connectivity index (χ3n) is 19.2. The lowest BCUT2D eigenvalue weighted by atomic mass is 10.0. The molecule has 19 heteroatoms. The highest BCUT2D eigenvalue weighted by atomic mass is 31.2. The van der Waals surface area contributed by atoms with Crippen LogP contribution in [0.1, 0.15) is 432 Å². The molecule has 0 saturated carbocycles. The van der Waals surface area contributed by atoms with Crippen molar-refractivity contribution in [1.29, 1.82) is 0 Å². The van der Waals surface area contributed by atoms with Crippen LogP contribution in [0.4, 0.5) is 0 Å². The predicted molar refractivity (Wildman–Crippen MR) is 423 cm³/mol. The SMILES string of the molecule is CCCCCC/C=C\C=C/CCCCCCCC(=O)O[C@H](COC(=O)CCCCCCCCCCCCCC)COP(=O)(O)OC[C@H](O)COP(=O)(O)OC[C@@H](COC(=O)CCCCCCCCCCCCCCCCCCCC)OC(=O)CCCCCCCCCCCCCCCCCCCC. The molecule has 0 aliphatic heterocycles. The molecule has 0 rings (SSSR count). The Bertz CT molecular complexity index is 2040. The maximum Gasteiger partial charge on any atom is 0.472 e. The summed E-state index contributed by atoms with van der Waals surface area (Å²) in [6.07, 6.45) is 74.3. The van der Waals surface area contributed by atoms with E-state index >= 15 is 0 Å². The minimum atomic E-state index is -4.97. The van der Waals surface area contributed by atoms with Gasteiger partial charge in [-0.05, 0) is 51.4 Å². The molecule has 0 aliphatic carbocycles. The normalized spacial score (nSPS) is 13.9. The van der Waals surface area contributed by atoms with Gasteiger partial charge in [0.15, 0.2) is 12.2 Å². The van der Waals surface area contributed by atoms with E-state index in [1.54, 1.807) is 0 Å². The number of unbranched alkanes of at least 4 members (excludes halogenated alkanes) is 54. The van der Waals surface area contributed by atoms with E-state index in [1.807, 2.05) is 0 Å². The van der Waals surface area contributed by atoms with Crippen LogP contribution >= 0.6 is 15.6 Å². The zero-order valence-electron chi connectivity index (χ0n) is 66.8.